The van der Waals surface area contributed by atoms with E-state index in [0.29, 0.717) is 18.8 Å². The third kappa shape index (κ3) is 1.84. The summed E-state index contributed by atoms with van der Waals surface area (Å²) < 4.78 is 0. The van der Waals surface area contributed by atoms with Gasteiger partial charge in [-0.25, -0.2) is 0 Å². The van der Waals surface area contributed by atoms with Crippen LogP contribution in [0, 0.1) is 11.8 Å². The van der Waals surface area contributed by atoms with Gasteiger partial charge < -0.3 is 5.11 Å². The number of hydrogen-bond acceptors (Lipinski definition) is 2. The van der Waals surface area contributed by atoms with Gasteiger partial charge in [-0.05, 0) is 18.8 Å². The van der Waals surface area contributed by atoms with Crippen LogP contribution in [-0.4, -0.2) is 16.9 Å². The summed E-state index contributed by atoms with van der Waals surface area (Å²) >= 11 is 0. The second kappa shape index (κ2) is 3.70. The maximum Gasteiger partial charge on any atom is 0.314 e. The maximum absolute atomic E-state index is 11.1. The molecule has 0 amide bonds. The van der Waals surface area contributed by atoms with Gasteiger partial charge in [0.2, 0.25) is 0 Å². The molecule has 0 aliphatic heterocycles. The molecule has 0 aromatic carbocycles. The topological polar surface area (TPSA) is 54.4 Å². The summed E-state index contributed by atoms with van der Waals surface area (Å²) in [5, 5.41) is 8.70. The quantitative estimate of drug-likeness (QED) is 0.638. The lowest BCUT2D eigenvalue weighted by molar-refractivity contribution is -0.148. The predicted molar refractivity (Wildman–Crippen MR) is 43.8 cm³/mol. The van der Waals surface area contributed by atoms with E-state index in [0.717, 1.165) is 12.8 Å². The van der Waals surface area contributed by atoms with Gasteiger partial charge in [-0.3, -0.25) is 9.59 Å². The zero-order chi connectivity index (χ0) is 9.14. The molecule has 1 aliphatic rings. The third-order valence-electron chi connectivity index (χ3n) is 2.63. The Morgan fingerprint density at radius 2 is 2.33 bits per heavy atom. The molecule has 1 N–H and O–H groups in total. The van der Waals surface area contributed by atoms with E-state index in [9.17, 15) is 9.59 Å². The predicted octanol–water partition coefficient (Wildman–Crippen LogP) is 1.47. The summed E-state index contributed by atoms with van der Waals surface area (Å²) in [7, 11) is 0. The Morgan fingerprint density at radius 1 is 1.67 bits per heavy atom. The van der Waals surface area contributed by atoms with E-state index in [-0.39, 0.29) is 5.78 Å². The zero-order valence-electron chi connectivity index (χ0n) is 7.25. The lowest BCUT2D eigenvalue weighted by Crippen LogP contribution is -2.30. The minimum Gasteiger partial charge on any atom is -0.481 e. The van der Waals surface area contributed by atoms with E-state index in [1.807, 2.05) is 6.92 Å². The molecule has 0 bridgehead atoms. The molecule has 0 aromatic rings. The van der Waals surface area contributed by atoms with E-state index >= 15 is 0 Å². The summed E-state index contributed by atoms with van der Waals surface area (Å²) in [6.07, 6.45) is 2.86. The van der Waals surface area contributed by atoms with Crippen LogP contribution in [0.15, 0.2) is 0 Å². The Balaban J connectivity index is 2.59. The van der Waals surface area contributed by atoms with Crippen LogP contribution in [0.1, 0.15) is 32.6 Å². The SMILES string of the molecule is CC[C@@H]1CCC(=O)[C@H](C(=O)O)C1. The van der Waals surface area contributed by atoms with Crippen molar-refractivity contribution < 1.29 is 14.7 Å². The first-order valence-electron chi connectivity index (χ1n) is 4.40. The minimum atomic E-state index is -0.946. The van der Waals surface area contributed by atoms with E-state index in [1.54, 1.807) is 0 Å². The van der Waals surface area contributed by atoms with Crippen LogP contribution in [0.4, 0.5) is 0 Å². The fourth-order valence-corrected chi connectivity index (χ4v) is 1.71. The average Bonchev–Trinajstić information content (AvgIpc) is 2.05. The Labute approximate surface area is 71.8 Å². The second-order valence-corrected chi connectivity index (χ2v) is 3.41. The van der Waals surface area contributed by atoms with Crippen LogP contribution in [0.5, 0.6) is 0 Å². The number of Topliss-reactive ketones (excluding diaryl/α,β-unsaturated/α-hetero) is 1. The number of rotatable bonds is 2. The van der Waals surface area contributed by atoms with Gasteiger partial charge in [0.1, 0.15) is 11.7 Å². The van der Waals surface area contributed by atoms with Gasteiger partial charge in [-0.15, -0.1) is 0 Å². The van der Waals surface area contributed by atoms with Crippen molar-refractivity contribution in [2.45, 2.75) is 32.6 Å². The van der Waals surface area contributed by atoms with Crippen LogP contribution >= 0.6 is 0 Å². The van der Waals surface area contributed by atoms with Crippen molar-refractivity contribution in [3.63, 3.8) is 0 Å². The molecule has 0 heterocycles. The maximum atomic E-state index is 11.1. The van der Waals surface area contributed by atoms with Gasteiger partial charge in [-0.2, -0.15) is 0 Å². The Hall–Kier alpha value is -0.860. The Morgan fingerprint density at radius 3 is 2.83 bits per heavy atom. The highest BCUT2D eigenvalue weighted by atomic mass is 16.4. The summed E-state index contributed by atoms with van der Waals surface area (Å²) in [5.74, 6) is -1.32. The molecule has 0 saturated heterocycles. The normalized spacial score (nSPS) is 30.2. The summed E-state index contributed by atoms with van der Waals surface area (Å²) in [5.41, 5.74) is 0. The van der Waals surface area contributed by atoms with Gasteiger partial charge >= 0.3 is 5.97 Å². The molecule has 1 rings (SSSR count). The van der Waals surface area contributed by atoms with Crippen LogP contribution in [-0.2, 0) is 9.59 Å². The number of aliphatic carboxylic acids is 1. The molecule has 68 valence electrons. The molecular formula is C9H14O3. The average molecular weight is 170 g/mol. The highest BCUT2D eigenvalue weighted by molar-refractivity contribution is 5.98. The standard InChI is InChI=1S/C9H14O3/c1-2-6-3-4-8(10)7(5-6)9(11)12/h6-7H,2-5H2,1H3,(H,11,12)/t6-,7-/m1/s1. The second-order valence-electron chi connectivity index (χ2n) is 3.41. The fourth-order valence-electron chi connectivity index (χ4n) is 1.71. The minimum absolute atomic E-state index is 0.0906. The van der Waals surface area contributed by atoms with Crippen LogP contribution < -0.4 is 0 Å². The summed E-state index contributed by atoms with van der Waals surface area (Å²) in [6.45, 7) is 2.04. The first-order chi connectivity index (χ1) is 5.65. The largest absolute Gasteiger partial charge is 0.481 e. The molecule has 2 atom stereocenters. The molecule has 0 radical (unpaired) electrons. The van der Waals surface area contributed by atoms with Gasteiger partial charge in [-0.1, -0.05) is 13.3 Å². The van der Waals surface area contributed by atoms with Crippen LogP contribution in [0.3, 0.4) is 0 Å². The number of hydrogen-bond donors (Lipinski definition) is 1. The first kappa shape index (κ1) is 9.23. The molecule has 1 aliphatic carbocycles. The molecule has 1 saturated carbocycles. The van der Waals surface area contributed by atoms with Gasteiger partial charge in [0.25, 0.3) is 0 Å². The van der Waals surface area contributed by atoms with Crippen molar-refractivity contribution in [2.75, 3.05) is 0 Å². The van der Waals surface area contributed by atoms with E-state index in [2.05, 4.69) is 0 Å². The van der Waals surface area contributed by atoms with Crippen LogP contribution in [0.25, 0.3) is 0 Å². The first-order valence-corrected chi connectivity index (χ1v) is 4.40. The number of carboxylic acid groups (broad SMARTS) is 1. The monoisotopic (exact) mass is 170 g/mol. The summed E-state index contributed by atoms with van der Waals surface area (Å²) in [6, 6.07) is 0. The molecule has 3 nitrogen and oxygen atoms in total. The molecule has 1 fully saturated rings. The smallest absolute Gasteiger partial charge is 0.314 e. The summed E-state index contributed by atoms with van der Waals surface area (Å²) in [4.78, 5) is 21.7. The van der Waals surface area contributed by atoms with Crippen molar-refractivity contribution in [1.29, 1.82) is 0 Å². The number of carbonyl (C=O) groups excluding carboxylic acids is 1. The fraction of sp³-hybridized carbons (Fsp3) is 0.778. The molecule has 0 unspecified atom stereocenters. The van der Waals surface area contributed by atoms with E-state index in [1.165, 1.54) is 0 Å². The highest BCUT2D eigenvalue weighted by Gasteiger charge is 2.32. The van der Waals surface area contributed by atoms with Gasteiger partial charge in [0.05, 0.1) is 0 Å². The van der Waals surface area contributed by atoms with Crippen molar-refractivity contribution in [3.8, 4) is 0 Å². The number of carboxylic acids is 1. The lowest BCUT2D eigenvalue weighted by atomic mass is 9.79. The molecule has 12 heavy (non-hydrogen) atoms. The van der Waals surface area contributed by atoms with Crippen molar-refractivity contribution in [3.05, 3.63) is 0 Å². The van der Waals surface area contributed by atoms with Crippen molar-refractivity contribution >= 4 is 11.8 Å². The Kier molecular flexibility index (Phi) is 2.84. The van der Waals surface area contributed by atoms with Crippen LogP contribution in [0.2, 0.25) is 0 Å². The highest BCUT2D eigenvalue weighted by Crippen LogP contribution is 2.28. The molecule has 0 spiro atoms. The van der Waals surface area contributed by atoms with Crippen molar-refractivity contribution in [2.24, 2.45) is 11.8 Å². The third-order valence-corrected chi connectivity index (χ3v) is 2.63. The molecule has 0 aromatic heterocycles. The Bertz CT molecular complexity index is 198. The zero-order valence-corrected chi connectivity index (χ0v) is 7.25. The van der Waals surface area contributed by atoms with E-state index in [4.69, 9.17) is 5.11 Å². The van der Waals surface area contributed by atoms with E-state index < -0.39 is 11.9 Å². The molecular weight excluding hydrogens is 156 g/mol. The van der Waals surface area contributed by atoms with Crippen molar-refractivity contribution in [1.82, 2.24) is 0 Å². The molecule has 3 heteroatoms. The van der Waals surface area contributed by atoms with Gasteiger partial charge in [0, 0.05) is 6.42 Å². The number of carbonyl (C=O) groups is 2. The number of ketones is 1. The van der Waals surface area contributed by atoms with Gasteiger partial charge in [0.15, 0.2) is 0 Å². The lowest BCUT2D eigenvalue weighted by Gasteiger charge is -2.24.